The average molecular weight is 242 g/mol. The highest BCUT2D eigenvalue weighted by Gasteiger charge is 2.49. The van der Waals surface area contributed by atoms with E-state index >= 15 is 0 Å². The maximum atomic E-state index is 2.48. The molecule has 0 heterocycles. The summed E-state index contributed by atoms with van der Waals surface area (Å²) in [6.45, 7) is 12.1. The van der Waals surface area contributed by atoms with Crippen LogP contribution in [0.1, 0.15) is 63.6 Å². The lowest BCUT2D eigenvalue weighted by atomic mass is 9.56. The normalized spacial score (nSPS) is 28.8. The average Bonchev–Trinajstić information content (AvgIpc) is 3.07. The number of aryl methyl sites for hydroxylation is 1. The molecule has 1 aromatic carbocycles. The largest absolute Gasteiger partial charge is 0.0590 e. The van der Waals surface area contributed by atoms with Crippen molar-refractivity contribution in [1.82, 2.24) is 0 Å². The van der Waals surface area contributed by atoms with Gasteiger partial charge in [-0.3, -0.25) is 0 Å². The minimum absolute atomic E-state index is 0.353. The molecule has 98 valence electrons. The van der Waals surface area contributed by atoms with Crippen LogP contribution in [0, 0.1) is 18.8 Å². The SMILES string of the molecule is Cc1ccc2c(c1)C(C)(C)C(C1CC1)CC2(C)C. The van der Waals surface area contributed by atoms with Crippen LogP contribution in [0.3, 0.4) is 0 Å². The van der Waals surface area contributed by atoms with Crippen molar-refractivity contribution in [2.24, 2.45) is 11.8 Å². The van der Waals surface area contributed by atoms with E-state index in [9.17, 15) is 0 Å². The molecule has 2 aliphatic rings. The minimum atomic E-state index is 0.353. The molecule has 1 saturated carbocycles. The molecular weight excluding hydrogens is 216 g/mol. The maximum absolute atomic E-state index is 2.48. The fourth-order valence-electron chi connectivity index (χ4n) is 4.15. The molecule has 1 atom stereocenters. The zero-order chi connectivity index (χ0) is 13.1. The van der Waals surface area contributed by atoms with Gasteiger partial charge in [0.25, 0.3) is 0 Å². The lowest BCUT2D eigenvalue weighted by molar-refractivity contribution is 0.189. The second-order valence-electron chi connectivity index (χ2n) is 7.80. The van der Waals surface area contributed by atoms with Crippen LogP contribution < -0.4 is 0 Å². The molecule has 0 bridgehead atoms. The molecule has 1 aromatic rings. The number of rotatable bonds is 1. The zero-order valence-corrected chi connectivity index (χ0v) is 12.5. The maximum Gasteiger partial charge on any atom is -0.00693 e. The van der Waals surface area contributed by atoms with Crippen LogP contribution in [0.2, 0.25) is 0 Å². The molecule has 1 unspecified atom stereocenters. The van der Waals surface area contributed by atoms with E-state index in [-0.39, 0.29) is 0 Å². The number of fused-ring (bicyclic) bond motifs is 1. The van der Waals surface area contributed by atoms with Crippen molar-refractivity contribution in [3.05, 3.63) is 34.9 Å². The second kappa shape index (κ2) is 3.62. The standard InChI is InChI=1S/C18H26/c1-12-6-9-14-15(10-12)18(4,5)16(13-7-8-13)11-17(14,2)3/h6,9-10,13,16H,7-8,11H2,1-5H3. The van der Waals surface area contributed by atoms with Gasteiger partial charge in [0.05, 0.1) is 0 Å². The lowest BCUT2D eigenvalue weighted by Gasteiger charge is -2.48. The molecular formula is C18H26. The first kappa shape index (κ1) is 12.3. The number of benzene rings is 1. The fraction of sp³-hybridized carbons (Fsp3) is 0.667. The molecule has 0 aromatic heterocycles. The molecule has 0 N–H and O–H groups in total. The van der Waals surface area contributed by atoms with Crippen molar-refractivity contribution in [3.63, 3.8) is 0 Å². The van der Waals surface area contributed by atoms with E-state index in [1.165, 1.54) is 24.8 Å². The molecule has 0 nitrogen and oxygen atoms in total. The van der Waals surface area contributed by atoms with Gasteiger partial charge in [0.1, 0.15) is 0 Å². The summed E-state index contributed by atoms with van der Waals surface area (Å²) in [5, 5.41) is 0. The van der Waals surface area contributed by atoms with Gasteiger partial charge < -0.3 is 0 Å². The Bertz CT molecular complexity index is 475. The van der Waals surface area contributed by atoms with Crippen LogP contribution in [0.4, 0.5) is 0 Å². The third-order valence-corrected chi connectivity index (χ3v) is 5.45. The Morgan fingerprint density at radius 2 is 1.67 bits per heavy atom. The van der Waals surface area contributed by atoms with Crippen LogP contribution in [-0.4, -0.2) is 0 Å². The van der Waals surface area contributed by atoms with Crippen LogP contribution >= 0.6 is 0 Å². The second-order valence-corrected chi connectivity index (χ2v) is 7.80. The number of hydrogen-bond acceptors (Lipinski definition) is 0. The smallest absolute Gasteiger partial charge is 0.00693 e. The van der Waals surface area contributed by atoms with Crippen molar-refractivity contribution in [1.29, 1.82) is 0 Å². The Balaban J connectivity index is 2.16. The molecule has 1 fully saturated rings. The Kier molecular flexibility index (Phi) is 2.47. The fourth-order valence-corrected chi connectivity index (χ4v) is 4.15. The van der Waals surface area contributed by atoms with Crippen molar-refractivity contribution in [3.8, 4) is 0 Å². The first-order chi connectivity index (χ1) is 8.32. The van der Waals surface area contributed by atoms with Gasteiger partial charge in [-0.15, -0.1) is 0 Å². The third-order valence-electron chi connectivity index (χ3n) is 5.45. The van der Waals surface area contributed by atoms with Gasteiger partial charge in [0.2, 0.25) is 0 Å². The van der Waals surface area contributed by atoms with E-state index in [0.29, 0.717) is 10.8 Å². The molecule has 3 rings (SSSR count). The van der Waals surface area contributed by atoms with Crippen molar-refractivity contribution in [2.45, 2.75) is 64.7 Å². The molecule has 0 radical (unpaired) electrons. The van der Waals surface area contributed by atoms with Gasteiger partial charge in [-0.2, -0.15) is 0 Å². The molecule has 0 aliphatic heterocycles. The summed E-state index contributed by atoms with van der Waals surface area (Å²) in [5.41, 5.74) is 5.34. The van der Waals surface area contributed by atoms with Gasteiger partial charge in [0.15, 0.2) is 0 Å². The van der Waals surface area contributed by atoms with Gasteiger partial charge in [0, 0.05) is 0 Å². The first-order valence-electron chi connectivity index (χ1n) is 7.44. The Morgan fingerprint density at radius 1 is 1.00 bits per heavy atom. The van der Waals surface area contributed by atoms with Gasteiger partial charge in [-0.25, -0.2) is 0 Å². The predicted molar refractivity (Wildman–Crippen MR) is 78.1 cm³/mol. The predicted octanol–water partition coefficient (Wildman–Crippen LogP) is 4.98. The quantitative estimate of drug-likeness (QED) is 0.651. The summed E-state index contributed by atoms with van der Waals surface area (Å²) in [5.74, 6) is 1.87. The minimum Gasteiger partial charge on any atom is -0.0590 e. The van der Waals surface area contributed by atoms with E-state index in [0.717, 1.165) is 11.8 Å². The summed E-state index contributed by atoms with van der Waals surface area (Å²) in [7, 11) is 0. The summed E-state index contributed by atoms with van der Waals surface area (Å²) >= 11 is 0. The van der Waals surface area contributed by atoms with Gasteiger partial charge in [-0.05, 0) is 60.0 Å². The number of hydrogen-bond donors (Lipinski definition) is 0. The summed E-state index contributed by atoms with van der Waals surface area (Å²) in [6.07, 6.45) is 4.29. The van der Waals surface area contributed by atoms with Crippen LogP contribution in [0.15, 0.2) is 18.2 Å². The van der Waals surface area contributed by atoms with E-state index in [2.05, 4.69) is 52.8 Å². The molecule has 0 heteroatoms. The first-order valence-corrected chi connectivity index (χ1v) is 7.44. The van der Waals surface area contributed by atoms with E-state index in [4.69, 9.17) is 0 Å². The van der Waals surface area contributed by atoms with Crippen LogP contribution in [0.25, 0.3) is 0 Å². The van der Waals surface area contributed by atoms with Gasteiger partial charge in [-0.1, -0.05) is 51.5 Å². The van der Waals surface area contributed by atoms with Crippen molar-refractivity contribution < 1.29 is 0 Å². The third kappa shape index (κ3) is 1.73. The van der Waals surface area contributed by atoms with Crippen molar-refractivity contribution >= 4 is 0 Å². The molecule has 0 saturated heterocycles. The van der Waals surface area contributed by atoms with Crippen LogP contribution in [0.5, 0.6) is 0 Å². The summed E-state index contributed by atoms with van der Waals surface area (Å²) in [4.78, 5) is 0. The topological polar surface area (TPSA) is 0 Å². The zero-order valence-electron chi connectivity index (χ0n) is 12.5. The highest BCUT2D eigenvalue weighted by molar-refractivity contribution is 5.44. The van der Waals surface area contributed by atoms with E-state index in [1.54, 1.807) is 11.1 Å². The Labute approximate surface area is 112 Å². The highest BCUT2D eigenvalue weighted by atomic mass is 14.5. The molecule has 2 aliphatic carbocycles. The monoisotopic (exact) mass is 242 g/mol. The summed E-state index contributed by atoms with van der Waals surface area (Å²) in [6, 6.07) is 7.12. The molecule has 18 heavy (non-hydrogen) atoms. The molecule has 0 amide bonds. The Morgan fingerprint density at radius 3 is 2.28 bits per heavy atom. The summed E-state index contributed by atoms with van der Waals surface area (Å²) < 4.78 is 0. The highest BCUT2D eigenvalue weighted by Crippen LogP contribution is 2.56. The Hall–Kier alpha value is -0.780. The van der Waals surface area contributed by atoms with Gasteiger partial charge >= 0.3 is 0 Å². The van der Waals surface area contributed by atoms with E-state index in [1.807, 2.05) is 0 Å². The molecule has 0 spiro atoms. The van der Waals surface area contributed by atoms with Crippen molar-refractivity contribution in [2.75, 3.05) is 0 Å². The van der Waals surface area contributed by atoms with E-state index < -0.39 is 0 Å². The van der Waals surface area contributed by atoms with Crippen LogP contribution in [-0.2, 0) is 10.8 Å². The lowest BCUT2D eigenvalue weighted by Crippen LogP contribution is -2.42.